The Morgan fingerprint density at radius 2 is 1.79 bits per heavy atom. The van der Waals surface area contributed by atoms with Crippen molar-refractivity contribution in [3.05, 3.63) is 0 Å². The number of aliphatic hydroxyl groups is 1. The fraction of sp³-hybridized carbons (Fsp3) is 0.955. The van der Waals surface area contributed by atoms with Gasteiger partial charge in [0.1, 0.15) is 5.78 Å². The van der Waals surface area contributed by atoms with Crippen LogP contribution in [0.1, 0.15) is 78.6 Å². The molecule has 24 heavy (non-hydrogen) atoms. The monoisotopic (exact) mass is 332 g/mol. The predicted octanol–water partition coefficient (Wildman–Crippen LogP) is 4.84. The average Bonchev–Trinajstić information content (AvgIpc) is 2.92. The lowest BCUT2D eigenvalue weighted by atomic mass is 9.44. The lowest BCUT2D eigenvalue weighted by Gasteiger charge is -2.60. The second-order valence-corrected chi connectivity index (χ2v) is 10.3. The molecule has 0 heterocycles. The summed E-state index contributed by atoms with van der Waals surface area (Å²) in [6, 6.07) is 0. The normalized spacial score (nSPS) is 52.3. The van der Waals surface area contributed by atoms with Crippen molar-refractivity contribution >= 4 is 5.78 Å². The van der Waals surface area contributed by atoms with Crippen LogP contribution in [0.25, 0.3) is 0 Å². The molecule has 4 rings (SSSR count). The summed E-state index contributed by atoms with van der Waals surface area (Å²) in [6.45, 7) is 7.70. The number of hydrogen-bond acceptors (Lipinski definition) is 2. The fourth-order valence-corrected chi connectivity index (χ4v) is 8.15. The molecule has 0 spiro atoms. The minimum atomic E-state index is 0.350. The number of rotatable bonds is 2. The highest BCUT2D eigenvalue weighted by atomic mass is 16.3. The average molecular weight is 333 g/mol. The van der Waals surface area contributed by atoms with Crippen LogP contribution in [0.5, 0.6) is 0 Å². The third-order valence-electron chi connectivity index (χ3n) is 9.53. The van der Waals surface area contributed by atoms with Crippen molar-refractivity contribution in [3.63, 3.8) is 0 Å². The van der Waals surface area contributed by atoms with Gasteiger partial charge in [-0.1, -0.05) is 20.8 Å². The molecule has 0 aromatic heterocycles. The molecule has 2 heteroatoms. The molecule has 4 unspecified atom stereocenters. The molecule has 1 N–H and O–H groups in total. The third kappa shape index (κ3) is 2.27. The molecule has 136 valence electrons. The Kier molecular flexibility index (Phi) is 4.14. The van der Waals surface area contributed by atoms with Gasteiger partial charge >= 0.3 is 0 Å². The van der Waals surface area contributed by atoms with E-state index in [-0.39, 0.29) is 0 Å². The van der Waals surface area contributed by atoms with Crippen LogP contribution in [-0.2, 0) is 4.79 Å². The first-order chi connectivity index (χ1) is 11.4. The van der Waals surface area contributed by atoms with E-state index < -0.39 is 0 Å². The summed E-state index contributed by atoms with van der Waals surface area (Å²) < 4.78 is 0. The molecule has 0 amide bonds. The first kappa shape index (κ1) is 17.1. The summed E-state index contributed by atoms with van der Waals surface area (Å²) in [4.78, 5) is 12.0. The molecule has 0 saturated heterocycles. The Hall–Kier alpha value is -0.370. The third-order valence-corrected chi connectivity index (χ3v) is 9.53. The van der Waals surface area contributed by atoms with E-state index in [1.165, 1.54) is 38.5 Å². The van der Waals surface area contributed by atoms with Gasteiger partial charge in [-0.3, -0.25) is 4.79 Å². The van der Waals surface area contributed by atoms with E-state index >= 15 is 0 Å². The van der Waals surface area contributed by atoms with Gasteiger partial charge in [-0.25, -0.2) is 0 Å². The quantitative estimate of drug-likeness (QED) is 0.785. The summed E-state index contributed by atoms with van der Waals surface area (Å²) in [5.41, 5.74) is 0.885. The van der Waals surface area contributed by atoms with Gasteiger partial charge in [0.25, 0.3) is 0 Å². The molecule has 0 aromatic carbocycles. The van der Waals surface area contributed by atoms with Crippen molar-refractivity contribution < 1.29 is 9.90 Å². The number of hydrogen-bond donors (Lipinski definition) is 1. The first-order valence-electron chi connectivity index (χ1n) is 10.5. The zero-order valence-electron chi connectivity index (χ0n) is 15.9. The van der Waals surface area contributed by atoms with Crippen molar-refractivity contribution in [2.75, 3.05) is 6.61 Å². The maximum absolute atomic E-state index is 12.0. The van der Waals surface area contributed by atoms with Crippen molar-refractivity contribution in [2.45, 2.75) is 78.6 Å². The zero-order valence-corrected chi connectivity index (χ0v) is 15.9. The smallest absolute Gasteiger partial charge is 0.133 e. The summed E-state index contributed by atoms with van der Waals surface area (Å²) in [6.07, 6.45) is 10.9. The van der Waals surface area contributed by atoms with E-state index in [4.69, 9.17) is 0 Å². The number of aliphatic hydroxyl groups excluding tert-OH is 1. The standard InChI is InChI=1S/C22H36O2/c1-14(13-23)18-6-7-19-17-5-4-15-12-16(24)8-10-21(15,2)20(17)9-11-22(18,19)3/h14-15,17-20,23H,4-13H2,1-3H3/t14?,15-,17+,18?,19?,20?,21+,22-/m1/s1. The van der Waals surface area contributed by atoms with E-state index in [0.29, 0.717) is 41.0 Å². The zero-order chi connectivity index (χ0) is 17.1. The first-order valence-corrected chi connectivity index (χ1v) is 10.5. The largest absolute Gasteiger partial charge is 0.396 e. The number of Topliss-reactive ketones (excluding diaryl/α,β-unsaturated/α-hetero) is 1. The second kappa shape index (κ2) is 5.83. The highest BCUT2D eigenvalue weighted by Crippen LogP contribution is 2.67. The molecule has 0 bridgehead atoms. The fourth-order valence-electron chi connectivity index (χ4n) is 8.15. The summed E-state index contributed by atoms with van der Waals surface area (Å²) in [7, 11) is 0. The predicted molar refractivity (Wildman–Crippen MR) is 96.5 cm³/mol. The molecule has 8 atom stereocenters. The molecule has 4 aliphatic rings. The molecular formula is C22H36O2. The van der Waals surface area contributed by atoms with Gasteiger partial charge in [0.05, 0.1) is 0 Å². The highest BCUT2D eigenvalue weighted by Gasteiger charge is 2.60. The lowest BCUT2D eigenvalue weighted by Crippen LogP contribution is -2.53. The van der Waals surface area contributed by atoms with E-state index in [2.05, 4.69) is 20.8 Å². The van der Waals surface area contributed by atoms with Crippen LogP contribution in [0.4, 0.5) is 0 Å². The Bertz CT molecular complexity index is 514. The lowest BCUT2D eigenvalue weighted by molar-refractivity contribution is -0.140. The molecular weight excluding hydrogens is 296 g/mol. The van der Waals surface area contributed by atoms with Crippen LogP contribution in [0.3, 0.4) is 0 Å². The van der Waals surface area contributed by atoms with Gasteiger partial charge < -0.3 is 5.11 Å². The number of carbonyl (C=O) groups is 1. The van der Waals surface area contributed by atoms with Gasteiger partial charge in [-0.2, -0.15) is 0 Å². The molecule has 0 aliphatic heterocycles. The second-order valence-electron chi connectivity index (χ2n) is 10.3. The van der Waals surface area contributed by atoms with Crippen LogP contribution >= 0.6 is 0 Å². The Morgan fingerprint density at radius 3 is 2.54 bits per heavy atom. The van der Waals surface area contributed by atoms with Gasteiger partial charge in [0.2, 0.25) is 0 Å². The van der Waals surface area contributed by atoms with Crippen molar-refractivity contribution in [1.29, 1.82) is 0 Å². The number of carbonyl (C=O) groups excluding carboxylic acids is 1. The van der Waals surface area contributed by atoms with Crippen LogP contribution < -0.4 is 0 Å². The Balaban J connectivity index is 1.60. The Labute approximate surface area is 147 Å². The van der Waals surface area contributed by atoms with E-state index in [9.17, 15) is 9.90 Å². The molecule has 0 aromatic rings. The highest BCUT2D eigenvalue weighted by molar-refractivity contribution is 5.79. The van der Waals surface area contributed by atoms with E-state index in [0.717, 1.165) is 37.0 Å². The SMILES string of the molecule is CC(CO)C1CCC2[C@@H]3CC[C@@H]4CC(=O)CC[C@]4(C)C3CC[C@]12C. The minimum absolute atomic E-state index is 0.350. The molecule has 4 saturated carbocycles. The van der Waals surface area contributed by atoms with Crippen molar-refractivity contribution in [2.24, 2.45) is 46.3 Å². The van der Waals surface area contributed by atoms with Gasteiger partial charge in [-0.15, -0.1) is 0 Å². The molecule has 4 aliphatic carbocycles. The molecule has 0 radical (unpaired) electrons. The van der Waals surface area contributed by atoms with Gasteiger partial charge in [0.15, 0.2) is 0 Å². The topological polar surface area (TPSA) is 37.3 Å². The number of ketones is 1. The maximum atomic E-state index is 12.0. The van der Waals surface area contributed by atoms with Crippen LogP contribution in [0.15, 0.2) is 0 Å². The maximum Gasteiger partial charge on any atom is 0.133 e. The Morgan fingerprint density at radius 1 is 1.04 bits per heavy atom. The van der Waals surface area contributed by atoms with E-state index in [1.54, 1.807) is 0 Å². The molecule has 2 nitrogen and oxygen atoms in total. The number of fused-ring (bicyclic) bond motifs is 5. The van der Waals surface area contributed by atoms with Crippen molar-refractivity contribution in [1.82, 2.24) is 0 Å². The molecule has 4 fully saturated rings. The van der Waals surface area contributed by atoms with Crippen LogP contribution in [-0.4, -0.2) is 17.5 Å². The minimum Gasteiger partial charge on any atom is -0.396 e. The van der Waals surface area contributed by atoms with Gasteiger partial charge in [0, 0.05) is 19.4 Å². The van der Waals surface area contributed by atoms with Crippen LogP contribution in [0, 0.1) is 46.3 Å². The summed E-state index contributed by atoms with van der Waals surface area (Å²) in [5.74, 6) is 4.96. The van der Waals surface area contributed by atoms with E-state index in [1.807, 2.05) is 0 Å². The summed E-state index contributed by atoms with van der Waals surface area (Å²) in [5, 5.41) is 9.72. The van der Waals surface area contributed by atoms with Crippen molar-refractivity contribution in [3.8, 4) is 0 Å². The summed E-state index contributed by atoms with van der Waals surface area (Å²) >= 11 is 0. The van der Waals surface area contributed by atoms with Gasteiger partial charge in [-0.05, 0) is 91.3 Å². The van der Waals surface area contributed by atoms with Crippen LogP contribution in [0.2, 0.25) is 0 Å².